The first-order chi connectivity index (χ1) is 8.31. The van der Waals surface area contributed by atoms with Crippen molar-refractivity contribution in [2.75, 3.05) is 6.54 Å². The second-order valence-corrected chi connectivity index (χ2v) is 4.49. The highest BCUT2D eigenvalue weighted by Crippen LogP contribution is 2.10. The van der Waals surface area contributed by atoms with E-state index in [1.54, 1.807) is 0 Å². The molecule has 1 fully saturated rings. The normalized spacial score (nSPS) is 18.2. The van der Waals surface area contributed by atoms with Gasteiger partial charge in [-0.3, -0.25) is 4.79 Å². The Morgan fingerprint density at radius 1 is 1.39 bits per heavy atom. The SMILES string of the molecule is CCc1ccccc1CNC(=O)[C@@H]1CCCN1.Cl. The lowest BCUT2D eigenvalue weighted by molar-refractivity contribution is -0.122. The molecular weight excluding hydrogens is 248 g/mol. The fourth-order valence-electron chi connectivity index (χ4n) is 2.29. The van der Waals surface area contributed by atoms with Gasteiger partial charge in [-0.25, -0.2) is 0 Å². The highest BCUT2D eigenvalue weighted by atomic mass is 35.5. The third-order valence-electron chi connectivity index (χ3n) is 3.33. The van der Waals surface area contributed by atoms with E-state index in [2.05, 4.69) is 29.7 Å². The minimum absolute atomic E-state index is 0. The molecule has 1 saturated heterocycles. The van der Waals surface area contributed by atoms with Crippen LogP contribution in [0.2, 0.25) is 0 Å². The third-order valence-corrected chi connectivity index (χ3v) is 3.33. The molecule has 0 radical (unpaired) electrons. The van der Waals surface area contributed by atoms with Crippen molar-refractivity contribution < 1.29 is 4.79 Å². The van der Waals surface area contributed by atoms with Crippen LogP contribution < -0.4 is 10.6 Å². The number of nitrogens with one attached hydrogen (secondary N) is 2. The van der Waals surface area contributed by atoms with Crippen LogP contribution in [0.15, 0.2) is 24.3 Å². The van der Waals surface area contributed by atoms with Crippen LogP contribution in [0.3, 0.4) is 0 Å². The predicted octanol–water partition coefficient (Wildman–Crippen LogP) is 2.04. The number of carbonyl (C=O) groups excluding carboxylic acids is 1. The lowest BCUT2D eigenvalue weighted by Crippen LogP contribution is -2.40. The van der Waals surface area contributed by atoms with Crippen LogP contribution in [0.4, 0.5) is 0 Å². The molecule has 0 bridgehead atoms. The number of amides is 1. The van der Waals surface area contributed by atoms with Crippen LogP contribution in [0.1, 0.15) is 30.9 Å². The number of benzene rings is 1. The summed E-state index contributed by atoms with van der Waals surface area (Å²) in [5.74, 6) is 0.133. The highest BCUT2D eigenvalue weighted by Gasteiger charge is 2.21. The van der Waals surface area contributed by atoms with E-state index < -0.39 is 0 Å². The summed E-state index contributed by atoms with van der Waals surface area (Å²) >= 11 is 0. The number of halogens is 1. The maximum absolute atomic E-state index is 11.8. The maximum atomic E-state index is 11.8. The Bertz CT molecular complexity index is 389. The van der Waals surface area contributed by atoms with E-state index in [1.165, 1.54) is 11.1 Å². The number of hydrogen-bond acceptors (Lipinski definition) is 2. The van der Waals surface area contributed by atoms with E-state index in [1.807, 2.05) is 12.1 Å². The van der Waals surface area contributed by atoms with Gasteiger partial charge < -0.3 is 10.6 Å². The predicted molar refractivity (Wildman–Crippen MR) is 75.9 cm³/mol. The van der Waals surface area contributed by atoms with Crippen molar-refractivity contribution in [1.29, 1.82) is 0 Å². The summed E-state index contributed by atoms with van der Waals surface area (Å²) in [6.45, 7) is 3.74. The maximum Gasteiger partial charge on any atom is 0.237 e. The second-order valence-electron chi connectivity index (χ2n) is 4.49. The minimum atomic E-state index is 0. The molecule has 0 saturated carbocycles. The van der Waals surface area contributed by atoms with Crippen LogP contribution >= 0.6 is 12.4 Å². The van der Waals surface area contributed by atoms with Crippen LogP contribution in [0.5, 0.6) is 0 Å². The molecule has 0 aromatic heterocycles. The Hall–Kier alpha value is -1.06. The zero-order valence-corrected chi connectivity index (χ0v) is 11.6. The average molecular weight is 269 g/mol. The Kier molecular flexibility index (Phi) is 6.16. The first-order valence-electron chi connectivity index (χ1n) is 6.39. The van der Waals surface area contributed by atoms with Crippen molar-refractivity contribution in [2.24, 2.45) is 0 Å². The van der Waals surface area contributed by atoms with E-state index >= 15 is 0 Å². The van der Waals surface area contributed by atoms with Crippen molar-refractivity contribution >= 4 is 18.3 Å². The third kappa shape index (κ3) is 3.72. The van der Waals surface area contributed by atoms with Crippen LogP contribution in [-0.4, -0.2) is 18.5 Å². The Labute approximate surface area is 115 Å². The number of hydrogen-bond donors (Lipinski definition) is 2. The van der Waals surface area contributed by atoms with Gasteiger partial charge in [-0.15, -0.1) is 12.4 Å². The van der Waals surface area contributed by atoms with Gasteiger partial charge in [0.15, 0.2) is 0 Å². The number of carbonyl (C=O) groups is 1. The average Bonchev–Trinajstić information content (AvgIpc) is 2.90. The molecular formula is C14H21ClN2O. The molecule has 1 aliphatic heterocycles. The van der Waals surface area contributed by atoms with Crippen molar-refractivity contribution in [3.63, 3.8) is 0 Å². The van der Waals surface area contributed by atoms with Crippen LogP contribution in [0.25, 0.3) is 0 Å². The van der Waals surface area contributed by atoms with Gasteiger partial charge >= 0.3 is 0 Å². The Morgan fingerprint density at radius 3 is 2.72 bits per heavy atom. The van der Waals surface area contributed by atoms with E-state index in [9.17, 15) is 4.79 Å². The summed E-state index contributed by atoms with van der Waals surface area (Å²) in [5, 5.41) is 6.22. The Balaban J connectivity index is 0.00000162. The van der Waals surface area contributed by atoms with Gasteiger partial charge in [-0.1, -0.05) is 31.2 Å². The first-order valence-corrected chi connectivity index (χ1v) is 6.39. The molecule has 1 aromatic carbocycles. The van der Waals surface area contributed by atoms with Crippen molar-refractivity contribution in [1.82, 2.24) is 10.6 Å². The number of aryl methyl sites for hydroxylation is 1. The fourth-order valence-corrected chi connectivity index (χ4v) is 2.29. The molecule has 1 aromatic rings. The highest BCUT2D eigenvalue weighted by molar-refractivity contribution is 5.85. The summed E-state index contributed by atoms with van der Waals surface area (Å²) < 4.78 is 0. The Morgan fingerprint density at radius 2 is 2.11 bits per heavy atom. The van der Waals surface area contributed by atoms with E-state index in [0.717, 1.165) is 25.8 Å². The molecule has 2 rings (SSSR count). The summed E-state index contributed by atoms with van der Waals surface area (Å²) in [6.07, 6.45) is 3.07. The molecule has 1 amide bonds. The van der Waals surface area contributed by atoms with Gasteiger partial charge in [-0.05, 0) is 36.9 Å². The minimum Gasteiger partial charge on any atom is -0.351 e. The van der Waals surface area contributed by atoms with E-state index in [0.29, 0.717) is 6.54 Å². The van der Waals surface area contributed by atoms with Gasteiger partial charge in [0.2, 0.25) is 5.91 Å². The molecule has 2 N–H and O–H groups in total. The van der Waals surface area contributed by atoms with Crippen LogP contribution in [0, 0.1) is 0 Å². The molecule has 1 atom stereocenters. The van der Waals surface area contributed by atoms with E-state index in [-0.39, 0.29) is 24.4 Å². The van der Waals surface area contributed by atoms with Crippen LogP contribution in [-0.2, 0) is 17.8 Å². The zero-order chi connectivity index (χ0) is 12.1. The monoisotopic (exact) mass is 268 g/mol. The fraction of sp³-hybridized carbons (Fsp3) is 0.500. The molecule has 0 unspecified atom stereocenters. The second kappa shape index (κ2) is 7.39. The molecule has 0 spiro atoms. The summed E-state index contributed by atoms with van der Waals surface area (Å²) in [6, 6.07) is 8.29. The molecule has 18 heavy (non-hydrogen) atoms. The molecule has 4 heteroatoms. The molecule has 1 heterocycles. The summed E-state index contributed by atoms with van der Waals surface area (Å²) in [4.78, 5) is 11.8. The van der Waals surface area contributed by atoms with E-state index in [4.69, 9.17) is 0 Å². The lowest BCUT2D eigenvalue weighted by Gasteiger charge is -2.12. The molecule has 100 valence electrons. The van der Waals surface area contributed by atoms with Gasteiger partial charge in [0, 0.05) is 6.54 Å². The largest absolute Gasteiger partial charge is 0.351 e. The molecule has 3 nitrogen and oxygen atoms in total. The summed E-state index contributed by atoms with van der Waals surface area (Å²) in [5.41, 5.74) is 2.54. The van der Waals surface area contributed by atoms with Gasteiger partial charge in [0.05, 0.1) is 6.04 Å². The lowest BCUT2D eigenvalue weighted by atomic mass is 10.1. The quantitative estimate of drug-likeness (QED) is 0.877. The van der Waals surface area contributed by atoms with Gasteiger partial charge in [0.25, 0.3) is 0 Å². The standard InChI is InChI=1S/C14H20N2O.ClH/c1-2-11-6-3-4-7-12(11)10-16-14(17)13-8-5-9-15-13;/h3-4,6-7,13,15H,2,5,8-10H2,1H3,(H,16,17);1H/t13-;/m0./s1. The molecule has 0 aliphatic carbocycles. The molecule has 1 aliphatic rings. The van der Waals surface area contributed by atoms with Crippen molar-refractivity contribution in [3.8, 4) is 0 Å². The van der Waals surface area contributed by atoms with Gasteiger partial charge in [-0.2, -0.15) is 0 Å². The zero-order valence-electron chi connectivity index (χ0n) is 10.7. The van der Waals surface area contributed by atoms with Gasteiger partial charge in [0.1, 0.15) is 0 Å². The topological polar surface area (TPSA) is 41.1 Å². The van der Waals surface area contributed by atoms with Crippen molar-refractivity contribution in [3.05, 3.63) is 35.4 Å². The first kappa shape index (κ1) is 15.0. The van der Waals surface area contributed by atoms with Crippen molar-refractivity contribution in [2.45, 2.75) is 38.8 Å². The smallest absolute Gasteiger partial charge is 0.237 e. The number of rotatable bonds is 4. The summed E-state index contributed by atoms with van der Waals surface area (Å²) in [7, 11) is 0.